The number of benzene rings is 6. The van der Waals surface area contributed by atoms with Crippen LogP contribution in [0.1, 0.15) is 133 Å². The van der Waals surface area contributed by atoms with Crippen LogP contribution in [0.25, 0.3) is 0 Å². The third-order valence-corrected chi connectivity index (χ3v) is 21.2. The number of fused-ring (bicyclic) bond motifs is 18. The first kappa shape index (κ1) is 70.2. The number of carbonyl (C=O) groups excluding carboxylic acids is 2. The smallest absolute Gasteiger partial charge is 0.306 e. The van der Waals surface area contributed by atoms with Gasteiger partial charge in [-0.2, -0.15) is 10.5 Å². The summed E-state index contributed by atoms with van der Waals surface area (Å²) in [4.78, 5) is 35.5. The van der Waals surface area contributed by atoms with Crippen molar-refractivity contribution in [1.82, 2.24) is 19.6 Å². The van der Waals surface area contributed by atoms with Gasteiger partial charge in [-0.05, 0) is 139 Å². The van der Waals surface area contributed by atoms with E-state index in [1.165, 1.54) is 0 Å². The van der Waals surface area contributed by atoms with Gasteiger partial charge < -0.3 is 57.6 Å². The molecule has 8 heterocycles. The molecule has 6 aromatic rings. The summed E-state index contributed by atoms with van der Waals surface area (Å²) in [6.07, 6.45) is 3.80. The van der Waals surface area contributed by atoms with Crippen molar-refractivity contribution >= 4 is 11.9 Å². The first-order valence-corrected chi connectivity index (χ1v) is 32.4. The van der Waals surface area contributed by atoms with Crippen LogP contribution in [-0.2, 0) is 67.1 Å². The number of phenols is 2. The maximum atomic E-state index is 13.2. The molecule has 2 fully saturated rings. The van der Waals surface area contributed by atoms with E-state index in [9.17, 15) is 30.3 Å². The fraction of sp³-hybridized carbons (Fsp3) is 0.467. The van der Waals surface area contributed by atoms with Crippen molar-refractivity contribution in [1.29, 1.82) is 10.5 Å². The number of piperazine rings is 2. The predicted octanol–water partition coefficient (Wildman–Crippen LogP) is 10.6. The Balaban J connectivity index is 0.000000191. The van der Waals surface area contributed by atoms with Crippen LogP contribution < -0.4 is 28.4 Å². The number of aryl methyl sites for hydroxylation is 4. The summed E-state index contributed by atoms with van der Waals surface area (Å²) in [6.45, 7) is 12.2. The zero-order valence-corrected chi connectivity index (χ0v) is 60.4. The topological polar surface area (TPSA) is 227 Å². The summed E-state index contributed by atoms with van der Waals surface area (Å²) in [5.74, 6) is 3.34. The second-order valence-corrected chi connectivity index (χ2v) is 26.1. The van der Waals surface area contributed by atoms with E-state index in [1.54, 1.807) is 14.2 Å². The molecule has 8 aliphatic heterocycles. The Morgan fingerprint density at radius 2 is 0.917 bits per heavy atom. The van der Waals surface area contributed by atoms with E-state index in [0.29, 0.717) is 72.6 Å². The molecule has 8 aliphatic rings. The molecule has 4 bridgehead atoms. The number of esters is 2. The second-order valence-electron chi connectivity index (χ2n) is 26.1. The molecule has 0 amide bonds. The van der Waals surface area contributed by atoms with Crippen molar-refractivity contribution in [2.45, 2.75) is 161 Å². The summed E-state index contributed by atoms with van der Waals surface area (Å²) in [7, 11) is 7.37. The minimum atomic E-state index is -0.550. The number of nitriles is 2. The third kappa shape index (κ3) is 12.2. The Morgan fingerprint density at radius 1 is 0.542 bits per heavy atom. The molecule has 2 unspecified atom stereocenters. The fourth-order valence-electron chi connectivity index (χ4n) is 16.6. The van der Waals surface area contributed by atoms with Gasteiger partial charge in [-0.15, -0.1) is 0 Å². The van der Waals surface area contributed by atoms with Crippen LogP contribution in [0, 0.1) is 108 Å². The van der Waals surface area contributed by atoms with Crippen molar-refractivity contribution in [3.8, 4) is 58.1 Å². The SMILES string of the molecule is C.COCOc1c(C)c(C)cc2c1[C@@H]1C3Cc4c(O)c(C)c5c(c4[C@H](COC(=O)CCc4ccccc4)N3[C@@H](C#N)[C@H](C2)N1C)OCO5.COCOc1c(C)c(C)cc2c1[C@@H]1C3Cc4c(O)c(C)c5c(c4[C@H](COC(=O)CCc4ccccc4)N3[C@@H](C#N)[C@H](C2)N1C)OCO5.[Ac]. The minimum Gasteiger partial charge on any atom is -0.507 e. The number of carbonyl (C=O) groups is 2. The van der Waals surface area contributed by atoms with E-state index in [4.69, 9.17) is 47.4 Å². The van der Waals surface area contributed by atoms with Crippen LogP contribution in [0.3, 0.4) is 0 Å². The summed E-state index contributed by atoms with van der Waals surface area (Å²) in [6, 6.07) is 26.2. The molecule has 0 spiro atoms. The second kappa shape index (κ2) is 29.1. The summed E-state index contributed by atoms with van der Waals surface area (Å²) >= 11 is 0. The number of hydrogen-bond acceptors (Lipinski definition) is 20. The number of ether oxygens (including phenoxy) is 10. The van der Waals surface area contributed by atoms with Crippen LogP contribution in [-0.4, -0.2) is 147 Å². The van der Waals surface area contributed by atoms with Gasteiger partial charge in [-0.3, -0.25) is 29.2 Å². The van der Waals surface area contributed by atoms with Crippen LogP contribution >= 0.6 is 0 Å². The molecule has 0 aromatic heterocycles. The van der Waals surface area contributed by atoms with Gasteiger partial charge in [0.05, 0.1) is 36.3 Å². The van der Waals surface area contributed by atoms with Gasteiger partial charge in [0, 0.05) is 140 Å². The Labute approximate surface area is 598 Å². The summed E-state index contributed by atoms with van der Waals surface area (Å²) in [5, 5.41) is 45.1. The predicted molar refractivity (Wildman–Crippen MR) is 352 cm³/mol. The molecule has 503 valence electrons. The van der Waals surface area contributed by atoms with Gasteiger partial charge in [-0.1, -0.05) is 80.2 Å². The molecular formula is C75H86AcN6O14. The maximum Gasteiger partial charge on any atom is 0.306 e. The molecule has 2 N–H and O–H groups in total. The van der Waals surface area contributed by atoms with Gasteiger partial charge >= 0.3 is 11.9 Å². The van der Waals surface area contributed by atoms with Crippen molar-refractivity contribution in [3.05, 3.63) is 162 Å². The number of aromatic hydroxyl groups is 2. The molecule has 0 saturated carbocycles. The number of likely N-dealkylation sites (N-methyl/N-ethyl adjacent to an activating group) is 2. The first-order valence-electron chi connectivity index (χ1n) is 32.4. The number of nitrogens with zero attached hydrogens (tertiary/aromatic N) is 6. The van der Waals surface area contributed by atoms with Crippen LogP contribution in [0.4, 0.5) is 0 Å². The van der Waals surface area contributed by atoms with Gasteiger partial charge in [0.15, 0.2) is 36.6 Å². The van der Waals surface area contributed by atoms with E-state index < -0.39 is 24.2 Å². The Morgan fingerprint density at radius 3 is 1.28 bits per heavy atom. The van der Waals surface area contributed by atoms with Crippen molar-refractivity contribution in [3.63, 3.8) is 0 Å². The third-order valence-electron chi connectivity index (χ3n) is 21.2. The van der Waals surface area contributed by atoms with Crippen molar-refractivity contribution in [2.75, 3.05) is 68.7 Å². The molecule has 6 aromatic carbocycles. The summed E-state index contributed by atoms with van der Waals surface area (Å²) in [5.41, 5.74) is 15.1. The average Bonchev–Trinajstić information content (AvgIpc) is 1.70. The van der Waals surface area contributed by atoms with E-state index >= 15 is 0 Å². The van der Waals surface area contributed by atoms with Gasteiger partial charge in [0.25, 0.3) is 0 Å². The van der Waals surface area contributed by atoms with Gasteiger partial charge in [0.2, 0.25) is 13.6 Å². The first-order chi connectivity index (χ1) is 45.5. The summed E-state index contributed by atoms with van der Waals surface area (Å²) < 4.78 is 59.1. The van der Waals surface area contributed by atoms with E-state index in [0.717, 1.165) is 89.4 Å². The number of hydrogen-bond donors (Lipinski definition) is 2. The minimum absolute atomic E-state index is 0. The fourth-order valence-corrected chi connectivity index (χ4v) is 16.6. The molecule has 2 saturated heterocycles. The van der Waals surface area contributed by atoms with E-state index in [-0.39, 0.29) is 164 Å². The van der Waals surface area contributed by atoms with E-state index in [2.05, 4.69) is 85.7 Å². The maximum absolute atomic E-state index is 13.2. The zero-order valence-electron chi connectivity index (χ0n) is 55.7. The molecular weight excluding hydrogens is 1440 g/mol. The monoisotopic (exact) mass is 1520 g/mol. The number of methoxy groups -OCH3 is 2. The Hall–Kier alpha value is -7.16. The van der Waals surface area contributed by atoms with Crippen LogP contribution in [0.2, 0.25) is 0 Å². The van der Waals surface area contributed by atoms with Crippen molar-refractivity contribution in [2.24, 2.45) is 0 Å². The molecule has 14 rings (SSSR count). The Kier molecular flexibility index (Phi) is 21.3. The van der Waals surface area contributed by atoms with Crippen molar-refractivity contribution < 1.29 is 111 Å². The number of rotatable bonds is 16. The Bertz CT molecular complexity index is 3770. The quantitative estimate of drug-likeness (QED) is 0.0678. The molecule has 21 heteroatoms. The van der Waals surface area contributed by atoms with Gasteiger partial charge in [-0.25, -0.2) is 0 Å². The molecule has 20 nitrogen and oxygen atoms in total. The molecule has 96 heavy (non-hydrogen) atoms. The normalized spacial score (nSPS) is 23.6. The zero-order chi connectivity index (χ0) is 66.0. The standard InChI is InChI=1S/2C37H41N3O7.CH4.Ac/c2*1-20-13-24-14-26-28(16-38)40-27(33(39(26)4)31(24)35(21(20)2)45-18-43-5)15-25-32(37-36(46-19-47-37)22(3)34(25)42)29(40)17-44-30(41)12-11-23-9-7-6-8-10-23;;/h2*6-10,13,26-29,33,42H,11-12,14-15,17-19H2,1-5H3;1H4;/t2*26-,27?,28-,29-,33-;;/m00../s1. The average molecular weight is 1520 g/mol. The van der Waals surface area contributed by atoms with Crippen LogP contribution in [0.15, 0.2) is 72.8 Å². The molecule has 10 atom stereocenters. The number of phenolic OH excluding ortho intramolecular Hbond substituents is 2. The van der Waals surface area contributed by atoms with E-state index in [1.807, 2.05) is 74.5 Å². The van der Waals surface area contributed by atoms with Crippen LogP contribution in [0.5, 0.6) is 46.0 Å². The largest absolute Gasteiger partial charge is 0.507 e. The molecule has 1 radical (unpaired) electrons. The van der Waals surface area contributed by atoms with Gasteiger partial charge in [0.1, 0.15) is 48.3 Å². The molecule has 0 aliphatic carbocycles.